The molecule has 0 aromatic carbocycles. The van der Waals surface area contributed by atoms with Gasteiger partial charge in [-0.2, -0.15) is 11.8 Å². The Bertz CT molecular complexity index is 255. The number of hydrogen-bond acceptors (Lipinski definition) is 5. The van der Waals surface area contributed by atoms with E-state index in [0.717, 1.165) is 22.3 Å². The monoisotopic (exact) mass is 215 g/mol. The Morgan fingerprint density at radius 1 is 1.31 bits per heavy atom. The number of rotatable bonds is 5. The molecule has 1 heterocycles. The molecule has 72 valence electrons. The van der Waals surface area contributed by atoms with Crippen molar-refractivity contribution in [2.45, 2.75) is 11.9 Å². The molecule has 1 aromatic rings. The molecule has 0 bridgehead atoms. The zero-order valence-corrected chi connectivity index (χ0v) is 9.20. The van der Waals surface area contributed by atoms with Crippen LogP contribution in [0.2, 0.25) is 0 Å². The number of aromatic nitrogens is 2. The zero-order valence-electron chi connectivity index (χ0n) is 7.56. The lowest BCUT2D eigenvalue weighted by atomic mass is 10.7. The average Bonchev–Trinajstić information content (AvgIpc) is 2.15. The van der Waals surface area contributed by atoms with Gasteiger partial charge in [-0.15, -0.1) is 11.8 Å². The lowest BCUT2D eigenvalue weighted by Gasteiger charge is -2.01. The fraction of sp³-hybridized carbons (Fsp3) is 0.500. The van der Waals surface area contributed by atoms with Gasteiger partial charge in [-0.05, 0) is 5.75 Å². The number of nitrogens with two attached hydrogens (primary N) is 1. The van der Waals surface area contributed by atoms with Crippen molar-refractivity contribution in [1.29, 1.82) is 0 Å². The van der Waals surface area contributed by atoms with Crippen molar-refractivity contribution in [2.24, 2.45) is 0 Å². The largest absolute Gasteiger partial charge is 0.381 e. The highest BCUT2D eigenvalue weighted by Crippen LogP contribution is 2.20. The van der Waals surface area contributed by atoms with Gasteiger partial charge in [0, 0.05) is 23.9 Å². The van der Waals surface area contributed by atoms with Gasteiger partial charge in [0.1, 0.15) is 5.03 Å². The Hall–Kier alpha value is -0.420. The first-order valence-electron chi connectivity index (χ1n) is 4.11. The standard InChI is InChI=1S/C8H13N3S2/c1-2-12-5-6-13-8-7(9)10-3-4-11-8/h3-4H,2,5-6H2,1H3,(H2,9,10). The third-order valence-corrected chi connectivity index (χ3v) is 3.52. The maximum atomic E-state index is 5.63. The van der Waals surface area contributed by atoms with Gasteiger partial charge in [0.05, 0.1) is 0 Å². The maximum absolute atomic E-state index is 5.63. The minimum atomic E-state index is 0.536. The molecule has 0 aliphatic carbocycles. The minimum absolute atomic E-state index is 0.536. The summed E-state index contributed by atoms with van der Waals surface area (Å²) in [6.45, 7) is 2.16. The van der Waals surface area contributed by atoms with E-state index in [1.807, 2.05) is 11.8 Å². The fourth-order valence-corrected chi connectivity index (χ4v) is 2.41. The van der Waals surface area contributed by atoms with E-state index in [0.29, 0.717) is 5.82 Å². The summed E-state index contributed by atoms with van der Waals surface area (Å²) in [5.74, 6) is 3.88. The van der Waals surface area contributed by atoms with Gasteiger partial charge in [-0.1, -0.05) is 6.92 Å². The molecular formula is C8H13N3S2. The second-order valence-corrected chi connectivity index (χ2v) is 4.77. The summed E-state index contributed by atoms with van der Waals surface area (Å²) in [6, 6.07) is 0. The van der Waals surface area contributed by atoms with Gasteiger partial charge in [-0.25, -0.2) is 9.97 Å². The SMILES string of the molecule is CCSCCSc1nccnc1N. The number of nitrogen functional groups attached to an aromatic ring is 1. The Labute approximate surface area is 86.9 Å². The summed E-state index contributed by atoms with van der Waals surface area (Å²) >= 11 is 3.59. The zero-order chi connectivity index (χ0) is 9.52. The summed E-state index contributed by atoms with van der Waals surface area (Å²) in [4.78, 5) is 8.11. The van der Waals surface area contributed by atoms with Crippen molar-refractivity contribution in [3.63, 3.8) is 0 Å². The van der Waals surface area contributed by atoms with Crippen LogP contribution in [0.15, 0.2) is 17.4 Å². The van der Waals surface area contributed by atoms with Gasteiger partial charge < -0.3 is 5.73 Å². The van der Waals surface area contributed by atoms with Crippen molar-refractivity contribution in [2.75, 3.05) is 23.0 Å². The lowest BCUT2D eigenvalue weighted by Crippen LogP contribution is -1.96. The Balaban J connectivity index is 2.32. The highest BCUT2D eigenvalue weighted by Gasteiger charge is 2.00. The Kier molecular flexibility index (Phi) is 5.00. The summed E-state index contributed by atoms with van der Waals surface area (Å²) in [6.07, 6.45) is 3.28. The van der Waals surface area contributed by atoms with E-state index in [1.165, 1.54) is 0 Å². The maximum Gasteiger partial charge on any atom is 0.156 e. The first-order valence-corrected chi connectivity index (χ1v) is 6.25. The van der Waals surface area contributed by atoms with Crippen molar-refractivity contribution in [3.8, 4) is 0 Å². The third kappa shape index (κ3) is 3.87. The predicted molar refractivity (Wildman–Crippen MR) is 60.2 cm³/mol. The van der Waals surface area contributed by atoms with Crippen LogP contribution in [0, 0.1) is 0 Å². The van der Waals surface area contributed by atoms with E-state index in [-0.39, 0.29) is 0 Å². The summed E-state index contributed by atoms with van der Waals surface area (Å²) < 4.78 is 0. The number of hydrogen-bond donors (Lipinski definition) is 1. The van der Waals surface area contributed by atoms with Gasteiger partial charge in [-0.3, -0.25) is 0 Å². The molecule has 5 heteroatoms. The van der Waals surface area contributed by atoms with Crippen LogP contribution in [0.1, 0.15) is 6.92 Å². The molecule has 0 atom stereocenters. The summed E-state index contributed by atoms with van der Waals surface area (Å²) in [7, 11) is 0. The van der Waals surface area contributed by atoms with E-state index >= 15 is 0 Å². The smallest absolute Gasteiger partial charge is 0.156 e. The molecule has 0 amide bonds. The van der Waals surface area contributed by atoms with Gasteiger partial charge >= 0.3 is 0 Å². The first kappa shape index (κ1) is 10.7. The highest BCUT2D eigenvalue weighted by atomic mass is 32.2. The topological polar surface area (TPSA) is 51.8 Å². The quantitative estimate of drug-likeness (QED) is 0.600. The normalized spacial score (nSPS) is 10.2. The minimum Gasteiger partial charge on any atom is -0.381 e. The number of thioether (sulfide) groups is 2. The molecule has 1 rings (SSSR count). The second-order valence-electron chi connectivity index (χ2n) is 2.29. The molecule has 13 heavy (non-hydrogen) atoms. The van der Waals surface area contributed by atoms with Crippen LogP contribution >= 0.6 is 23.5 Å². The molecular weight excluding hydrogens is 202 g/mol. The molecule has 0 radical (unpaired) electrons. The molecule has 1 aromatic heterocycles. The van der Waals surface area contributed by atoms with E-state index in [9.17, 15) is 0 Å². The van der Waals surface area contributed by atoms with Crippen molar-refractivity contribution in [3.05, 3.63) is 12.4 Å². The summed E-state index contributed by atoms with van der Waals surface area (Å²) in [5.41, 5.74) is 5.63. The van der Waals surface area contributed by atoms with E-state index in [1.54, 1.807) is 24.2 Å². The molecule has 0 unspecified atom stereocenters. The van der Waals surface area contributed by atoms with Gasteiger partial charge in [0.15, 0.2) is 5.82 Å². The molecule has 0 spiro atoms. The molecule has 3 nitrogen and oxygen atoms in total. The van der Waals surface area contributed by atoms with Crippen LogP contribution in [0.25, 0.3) is 0 Å². The van der Waals surface area contributed by atoms with Gasteiger partial charge in [0.25, 0.3) is 0 Å². The predicted octanol–water partition coefficient (Wildman–Crippen LogP) is 1.90. The molecule has 0 aliphatic heterocycles. The van der Waals surface area contributed by atoms with Crippen LogP contribution in [-0.4, -0.2) is 27.2 Å². The van der Waals surface area contributed by atoms with Gasteiger partial charge in [0.2, 0.25) is 0 Å². The fourth-order valence-electron chi connectivity index (χ4n) is 0.789. The van der Waals surface area contributed by atoms with E-state index < -0.39 is 0 Å². The highest BCUT2D eigenvalue weighted by molar-refractivity contribution is 8.02. The molecule has 2 N–H and O–H groups in total. The van der Waals surface area contributed by atoms with E-state index in [4.69, 9.17) is 5.73 Å². The summed E-state index contributed by atoms with van der Waals surface area (Å²) in [5, 5.41) is 0.846. The Morgan fingerprint density at radius 2 is 2.08 bits per heavy atom. The molecule has 0 saturated heterocycles. The average molecular weight is 215 g/mol. The first-order chi connectivity index (χ1) is 6.34. The van der Waals surface area contributed by atoms with Crippen LogP contribution in [0.5, 0.6) is 0 Å². The number of nitrogens with zero attached hydrogens (tertiary/aromatic N) is 2. The van der Waals surface area contributed by atoms with Crippen molar-refractivity contribution in [1.82, 2.24) is 9.97 Å². The third-order valence-electron chi connectivity index (χ3n) is 1.36. The van der Waals surface area contributed by atoms with Crippen LogP contribution < -0.4 is 5.73 Å². The molecule has 0 aliphatic rings. The number of anilines is 1. The molecule has 0 fully saturated rings. The van der Waals surface area contributed by atoms with Crippen LogP contribution in [-0.2, 0) is 0 Å². The van der Waals surface area contributed by atoms with Crippen molar-refractivity contribution < 1.29 is 0 Å². The van der Waals surface area contributed by atoms with E-state index in [2.05, 4.69) is 16.9 Å². The van der Waals surface area contributed by atoms with Crippen LogP contribution in [0.3, 0.4) is 0 Å². The Morgan fingerprint density at radius 3 is 2.77 bits per heavy atom. The van der Waals surface area contributed by atoms with Crippen molar-refractivity contribution >= 4 is 29.3 Å². The molecule has 0 saturated carbocycles. The lowest BCUT2D eigenvalue weighted by molar-refractivity contribution is 1.07. The second kappa shape index (κ2) is 6.10. The van der Waals surface area contributed by atoms with Crippen LogP contribution in [0.4, 0.5) is 5.82 Å².